The van der Waals surface area contributed by atoms with Gasteiger partial charge in [-0.3, -0.25) is 0 Å². The Kier molecular flexibility index (Phi) is 39.0. The highest BCUT2D eigenvalue weighted by Gasteiger charge is 2.04. The summed E-state index contributed by atoms with van der Waals surface area (Å²) >= 11 is 0. The molecule has 0 fully saturated rings. The molecule has 7 nitrogen and oxygen atoms in total. The number of likely N-dealkylation sites (N-methyl/N-ethyl adjacent to an activating group) is 1. The van der Waals surface area contributed by atoms with Gasteiger partial charge in [-0.1, -0.05) is 110 Å². The van der Waals surface area contributed by atoms with E-state index in [1.807, 2.05) is 0 Å². The quantitative estimate of drug-likeness (QED) is 0.0325. The molecule has 0 aromatic carbocycles. The van der Waals surface area contributed by atoms with Crippen molar-refractivity contribution in [2.75, 3.05) is 39.5 Å². The number of carbonyl (C=O) groups excluding carboxylic acids is 3. The third-order valence-electron chi connectivity index (χ3n) is 6.71. The molecule has 7 heteroatoms. The smallest absolute Gasteiger partial charge is 0.333 e. The molecule has 45 heavy (non-hydrogen) atoms. The minimum absolute atomic E-state index is 0.261. The summed E-state index contributed by atoms with van der Waals surface area (Å²) in [4.78, 5) is 34.7. The van der Waals surface area contributed by atoms with E-state index in [-0.39, 0.29) is 17.9 Å². The van der Waals surface area contributed by atoms with Gasteiger partial charge in [0.2, 0.25) is 0 Å². The van der Waals surface area contributed by atoms with Gasteiger partial charge in [0.25, 0.3) is 0 Å². The van der Waals surface area contributed by atoms with Gasteiger partial charge in [0.15, 0.2) is 0 Å². The van der Waals surface area contributed by atoms with E-state index in [1.165, 1.54) is 83.1 Å². The second-order valence-corrected chi connectivity index (χ2v) is 11.0. The van der Waals surface area contributed by atoms with E-state index in [2.05, 4.69) is 55.7 Å². The lowest BCUT2D eigenvalue weighted by Gasteiger charge is -2.17. The van der Waals surface area contributed by atoms with Crippen molar-refractivity contribution in [3.05, 3.63) is 48.6 Å². The number of ether oxygens (including phenoxy) is 3. The zero-order valence-corrected chi connectivity index (χ0v) is 30.3. The molecule has 0 spiro atoms. The Morgan fingerprint density at radius 3 is 1.49 bits per heavy atom. The highest BCUT2D eigenvalue weighted by atomic mass is 16.5. The van der Waals surface area contributed by atoms with E-state index >= 15 is 0 Å². The van der Waals surface area contributed by atoms with Gasteiger partial charge in [-0.15, -0.1) is 0 Å². The van der Waals surface area contributed by atoms with Crippen molar-refractivity contribution in [1.29, 1.82) is 0 Å². The van der Waals surface area contributed by atoms with Crippen LogP contribution in [0.15, 0.2) is 48.6 Å². The molecule has 0 aliphatic heterocycles. The number of hydrogen-bond acceptors (Lipinski definition) is 7. The minimum Gasteiger partial charge on any atom is -0.463 e. The molecule has 0 unspecified atom stereocenters. The van der Waals surface area contributed by atoms with Gasteiger partial charge >= 0.3 is 17.9 Å². The Balaban J connectivity index is -0.000000697. The molecule has 0 saturated heterocycles. The number of nitrogens with zero attached hydrogens (tertiary/aromatic N) is 1. The summed E-state index contributed by atoms with van der Waals surface area (Å²) in [5, 5.41) is 0. The summed E-state index contributed by atoms with van der Waals surface area (Å²) < 4.78 is 14.6. The topological polar surface area (TPSA) is 82.1 Å². The standard InChI is InChI=1S/C22H40O2.C10H19NO2.C6H10O2/c1-4-5-6-7-8-9-10-11-12-13-14-15-16-17-18-19-20-24-22(23)21(2)3;1-5-11(6-2)7-8-13-10(12)9(3)4;1-3-5-6(7)8-4-2/h11-12H,2,4-10,13-20H2,1,3H3;3,5-8H2,1-2,4H3;3,5H,4H2,1-2H3/b12-11-;;. The first-order valence-corrected chi connectivity index (χ1v) is 17.4. The third kappa shape index (κ3) is 39.3. The van der Waals surface area contributed by atoms with Gasteiger partial charge in [0.05, 0.1) is 13.2 Å². The first-order chi connectivity index (χ1) is 21.6. The number of allylic oxidation sites excluding steroid dienone is 3. The van der Waals surface area contributed by atoms with Crippen molar-refractivity contribution in [3.63, 3.8) is 0 Å². The first-order valence-electron chi connectivity index (χ1n) is 17.4. The van der Waals surface area contributed by atoms with Gasteiger partial charge in [-0.25, -0.2) is 14.4 Å². The largest absolute Gasteiger partial charge is 0.463 e. The number of rotatable bonds is 25. The number of esters is 3. The molecule has 262 valence electrons. The van der Waals surface area contributed by atoms with Gasteiger partial charge in [-0.05, 0) is 72.9 Å². The second kappa shape index (κ2) is 37.5. The van der Waals surface area contributed by atoms with Crippen LogP contribution in [0.1, 0.15) is 138 Å². The molecule has 0 rings (SSSR count). The van der Waals surface area contributed by atoms with E-state index in [4.69, 9.17) is 9.47 Å². The van der Waals surface area contributed by atoms with Crippen LogP contribution >= 0.6 is 0 Å². The van der Waals surface area contributed by atoms with Crippen molar-refractivity contribution >= 4 is 17.9 Å². The third-order valence-corrected chi connectivity index (χ3v) is 6.71. The molecule has 0 aliphatic carbocycles. The van der Waals surface area contributed by atoms with Crippen molar-refractivity contribution in [3.8, 4) is 0 Å². The van der Waals surface area contributed by atoms with Gasteiger partial charge < -0.3 is 19.1 Å². The zero-order valence-electron chi connectivity index (χ0n) is 30.3. The van der Waals surface area contributed by atoms with Crippen molar-refractivity contribution in [2.45, 2.75) is 138 Å². The predicted octanol–water partition coefficient (Wildman–Crippen LogP) is 9.72. The van der Waals surface area contributed by atoms with E-state index in [9.17, 15) is 14.4 Å². The fourth-order valence-electron chi connectivity index (χ4n) is 3.89. The summed E-state index contributed by atoms with van der Waals surface area (Å²) in [7, 11) is 0. The summed E-state index contributed by atoms with van der Waals surface area (Å²) in [6, 6.07) is 0. The van der Waals surface area contributed by atoms with Crippen LogP contribution in [0.25, 0.3) is 0 Å². The molecule has 0 heterocycles. The maximum absolute atomic E-state index is 11.2. The predicted molar refractivity (Wildman–Crippen MR) is 190 cm³/mol. The van der Waals surface area contributed by atoms with Crippen LogP contribution in [0.3, 0.4) is 0 Å². The number of unbranched alkanes of at least 4 members (excludes halogenated alkanes) is 12. The number of hydrogen-bond donors (Lipinski definition) is 0. The van der Waals surface area contributed by atoms with E-state index in [0.29, 0.717) is 31.0 Å². The summed E-state index contributed by atoms with van der Waals surface area (Å²) in [5.74, 6) is -0.829. The van der Waals surface area contributed by atoms with Crippen LogP contribution in [-0.4, -0.2) is 62.3 Å². The lowest BCUT2D eigenvalue weighted by molar-refractivity contribution is -0.140. The Bertz CT molecular complexity index is 798. The van der Waals surface area contributed by atoms with Crippen LogP contribution in [0.5, 0.6) is 0 Å². The molecule has 0 bridgehead atoms. The maximum Gasteiger partial charge on any atom is 0.333 e. The van der Waals surface area contributed by atoms with Crippen LogP contribution < -0.4 is 0 Å². The summed E-state index contributed by atoms with van der Waals surface area (Å²) in [5.41, 5.74) is 0.944. The van der Waals surface area contributed by atoms with Crippen LogP contribution in [0, 0.1) is 0 Å². The molecular formula is C38H69NO6. The Morgan fingerprint density at radius 1 is 0.622 bits per heavy atom. The molecular weight excluding hydrogens is 566 g/mol. The molecule has 0 atom stereocenters. The Hall–Kier alpha value is -2.67. The zero-order chi connectivity index (χ0) is 34.6. The van der Waals surface area contributed by atoms with Crippen LogP contribution in [-0.2, 0) is 28.6 Å². The monoisotopic (exact) mass is 636 g/mol. The lowest BCUT2D eigenvalue weighted by atomic mass is 10.1. The molecule has 0 aliphatic rings. The average Bonchev–Trinajstić information content (AvgIpc) is 3.01. The normalized spacial score (nSPS) is 10.6. The van der Waals surface area contributed by atoms with Crippen LogP contribution in [0.4, 0.5) is 0 Å². The van der Waals surface area contributed by atoms with Gasteiger partial charge in [0.1, 0.15) is 6.61 Å². The molecule has 0 aromatic rings. The van der Waals surface area contributed by atoms with Crippen LogP contribution in [0.2, 0.25) is 0 Å². The van der Waals surface area contributed by atoms with E-state index in [1.54, 1.807) is 33.8 Å². The summed E-state index contributed by atoms with van der Waals surface area (Å²) in [6.45, 7) is 24.6. The lowest BCUT2D eigenvalue weighted by Crippen LogP contribution is -2.27. The van der Waals surface area contributed by atoms with Crippen molar-refractivity contribution in [2.24, 2.45) is 0 Å². The summed E-state index contributed by atoms with van der Waals surface area (Å²) in [6.07, 6.45) is 25.8. The average molecular weight is 636 g/mol. The minimum atomic E-state index is -0.299. The number of carbonyl (C=O) groups is 3. The molecule has 0 amide bonds. The van der Waals surface area contributed by atoms with E-state index < -0.39 is 0 Å². The Morgan fingerprint density at radius 2 is 1.07 bits per heavy atom. The highest BCUT2D eigenvalue weighted by Crippen LogP contribution is 2.10. The first kappa shape index (κ1) is 46.7. The Labute approximate surface area is 277 Å². The van der Waals surface area contributed by atoms with Crippen molar-refractivity contribution < 1.29 is 28.6 Å². The van der Waals surface area contributed by atoms with E-state index in [0.717, 1.165) is 32.5 Å². The fourth-order valence-corrected chi connectivity index (χ4v) is 3.89. The molecule has 0 radical (unpaired) electrons. The molecule has 0 aromatic heterocycles. The molecule has 0 N–H and O–H groups in total. The van der Waals surface area contributed by atoms with Crippen molar-refractivity contribution in [1.82, 2.24) is 4.90 Å². The van der Waals surface area contributed by atoms with Gasteiger partial charge in [-0.2, -0.15) is 0 Å². The SMILES string of the molecule is C=C(C)C(=O)OCCCCCCCC/C=C\CCCCCCCC.C=C(C)C(=O)OCCN(CC)CC.CC=CC(=O)OCC. The maximum atomic E-state index is 11.2. The molecule has 0 saturated carbocycles. The fraction of sp³-hybridized carbons (Fsp3) is 0.711. The van der Waals surface area contributed by atoms with Gasteiger partial charge in [0, 0.05) is 23.8 Å². The highest BCUT2D eigenvalue weighted by molar-refractivity contribution is 5.87. The second-order valence-electron chi connectivity index (χ2n) is 11.0.